The second kappa shape index (κ2) is 6.64. The highest BCUT2D eigenvalue weighted by molar-refractivity contribution is 5.85. The third kappa shape index (κ3) is 3.52. The fourth-order valence-corrected chi connectivity index (χ4v) is 2.27. The minimum atomic E-state index is 0. The Bertz CT molecular complexity index is 493. The minimum absolute atomic E-state index is 0. The van der Waals surface area contributed by atoms with Crippen LogP contribution in [0.4, 0.5) is 0 Å². The summed E-state index contributed by atoms with van der Waals surface area (Å²) in [4.78, 5) is 0. The van der Waals surface area contributed by atoms with Crippen molar-refractivity contribution in [2.45, 2.75) is 18.9 Å². The Labute approximate surface area is 119 Å². The predicted molar refractivity (Wildman–Crippen MR) is 77.9 cm³/mol. The molecule has 102 valence electrons. The molecule has 4 heteroatoms. The van der Waals surface area contributed by atoms with Crippen LogP contribution in [-0.4, -0.2) is 19.2 Å². The van der Waals surface area contributed by atoms with Crippen molar-refractivity contribution in [3.05, 3.63) is 42.7 Å². The van der Waals surface area contributed by atoms with E-state index in [0.717, 1.165) is 43.0 Å². The van der Waals surface area contributed by atoms with Gasteiger partial charge in [-0.2, -0.15) is 0 Å². The zero-order valence-electron chi connectivity index (χ0n) is 10.7. The first-order chi connectivity index (χ1) is 8.92. The van der Waals surface area contributed by atoms with E-state index in [9.17, 15) is 0 Å². The van der Waals surface area contributed by atoms with Gasteiger partial charge in [0.25, 0.3) is 0 Å². The lowest BCUT2D eigenvalue weighted by Gasteiger charge is -2.23. The molecule has 0 saturated carbocycles. The highest BCUT2D eigenvalue weighted by atomic mass is 35.5. The van der Waals surface area contributed by atoms with Gasteiger partial charge in [0.1, 0.15) is 17.6 Å². The number of rotatable bonds is 3. The molecule has 0 unspecified atom stereocenters. The molecule has 0 amide bonds. The van der Waals surface area contributed by atoms with E-state index in [1.165, 1.54) is 0 Å². The summed E-state index contributed by atoms with van der Waals surface area (Å²) in [6.45, 7) is 2.09. The van der Waals surface area contributed by atoms with Crippen LogP contribution in [0, 0.1) is 0 Å². The lowest BCUT2D eigenvalue weighted by molar-refractivity contribution is 0.162. The average Bonchev–Trinajstić information content (AvgIpc) is 2.94. The van der Waals surface area contributed by atoms with Crippen molar-refractivity contribution >= 4 is 12.4 Å². The Hall–Kier alpha value is -1.45. The summed E-state index contributed by atoms with van der Waals surface area (Å²) in [6, 6.07) is 12.0. The van der Waals surface area contributed by atoms with Crippen molar-refractivity contribution in [1.29, 1.82) is 0 Å². The molecule has 1 aliphatic heterocycles. The van der Waals surface area contributed by atoms with E-state index in [1.54, 1.807) is 6.26 Å². The van der Waals surface area contributed by atoms with Gasteiger partial charge in [-0.25, -0.2) is 0 Å². The van der Waals surface area contributed by atoms with Gasteiger partial charge >= 0.3 is 0 Å². The topological polar surface area (TPSA) is 34.4 Å². The fraction of sp³-hybridized carbons (Fsp3) is 0.333. The summed E-state index contributed by atoms with van der Waals surface area (Å²) >= 11 is 0. The van der Waals surface area contributed by atoms with Crippen molar-refractivity contribution in [3.8, 4) is 17.1 Å². The third-order valence-electron chi connectivity index (χ3n) is 3.23. The molecule has 1 fully saturated rings. The molecule has 3 rings (SSSR count). The van der Waals surface area contributed by atoms with Crippen LogP contribution in [0.25, 0.3) is 11.3 Å². The van der Waals surface area contributed by atoms with Crippen LogP contribution in [0.15, 0.2) is 47.1 Å². The molecule has 0 aliphatic carbocycles. The molecule has 3 nitrogen and oxygen atoms in total. The molecular weight excluding hydrogens is 262 g/mol. The van der Waals surface area contributed by atoms with E-state index in [2.05, 4.69) is 5.32 Å². The summed E-state index contributed by atoms with van der Waals surface area (Å²) in [6.07, 6.45) is 4.17. The molecule has 1 saturated heterocycles. The number of hydrogen-bond donors (Lipinski definition) is 1. The monoisotopic (exact) mass is 279 g/mol. The van der Waals surface area contributed by atoms with E-state index in [4.69, 9.17) is 9.15 Å². The number of benzene rings is 1. The maximum absolute atomic E-state index is 6.01. The number of hydrogen-bond acceptors (Lipinski definition) is 3. The molecule has 0 spiro atoms. The lowest BCUT2D eigenvalue weighted by Crippen LogP contribution is -2.34. The van der Waals surface area contributed by atoms with Crippen molar-refractivity contribution < 1.29 is 9.15 Å². The van der Waals surface area contributed by atoms with E-state index in [0.29, 0.717) is 6.10 Å². The van der Waals surface area contributed by atoms with Crippen LogP contribution < -0.4 is 10.1 Å². The van der Waals surface area contributed by atoms with Crippen molar-refractivity contribution in [3.63, 3.8) is 0 Å². The Kier molecular flexibility index (Phi) is 4.88. The number of nitrogens with one attached hydrogen (secondary N) is 1. The molecule has 0 atom stereocenters. The van der Waals surface area contributed by atoms with Crippen molar-refractivity contribution in [2.24, 2.45) is 0 Å². The van der Waals surface area contributed by atoms with Crippen LogP contribution in [0.5, 0.6) is 5.75 Å². The molecule has 2 aromatic rings. The number of halogens is 1. The summed E-state index contributed by atoms with van der Waals surface area (Å²) in [5, 5.41) is 3.34. The fourth-order valence-electron chi connectivity index (χ4n) is 2.27. The number of furan rings is 1. The Balaban J connectivity index is 0.00000133. The lowest BCUT2D eigenvalue weighted by atomic mass is 10.1. The number of piperidine rings is 1. The highest BCUT2D eigenvalue weighted by Gasteiger charge is 2.14. The largest absolute Gasteiger partial charge is 0.490 e. The molecule has 0 bridgehead atoms. The summed E-state index contributed by atoms with van der Waals surface area (Å²) in [5.74, 6) is 1.81. The summed E-state index contributed by atoms with van der Waals surface area (Å²) in [5.41, 5.74) is 1.06. The first kappa shape index (κ1) is 14.0. The molecule has 2 heterocycles. The molecule has 19 heavy (non-hydrogen) atoms. The third-order valence-corrected chi connectivity index (χ3v) is 3.23. The molecule has 1 N–H and O–H groups in total. The van der Waals surface area contributed by atoms with E-state index in [-0.39, 0.29) is 12.4 Å². The summed E-state index contributed by atoms with van der Waals surface area (Å²) < 4.78 is 11.4. The van der Waals surface area contributed by atoms with Gasteiger partial charge in [0.2, 0.25) is 0 Å². The van der Waals surface area contributed by atoms with Crippen molar-refractivity contribution in [2.75, 3.05) is 13.1 Å². The zero-order valence-corrected chi connectivity index (χ0v) is 11.5. The Morgan fingerprint density at radius 2 is 1.95 bits per heavy atom. The van der Waals surface area contributed by atoms with E-state index in [1.807, 2.05) is 36.4 Å². The second-order valence-electron chi connectivity index (χ2n) is 4.57. The molecule has 1 aliphatic rings. The van der Waals surface area contributed by atoms with Crippen LogP contribution in [0.2, 0.25) is 0 Å². The quantitative estimate of drug-likeness (QED) is 0.934. The first-order valence-corrected chi connectivity index (χ1v) is 6.43. The maximum Gasteiger partial charge on any atom is 0.133 e. The van der Waals surface area contributed by atoms with E-state index < -0.39 is 0 Å². The van der Waals surface area contributed by atoms with Gasteiger partial charge in [-0.15, -0.1) is 12.4 Å². The smallest absolute Gasteiger partial charge is 0.133 e. The zero-order chi connectivity index (χ0) is 12.2. The molecule has 1 aromatic carbocycles. The number of ether oxygens (including phenoxy) is 1. The SMILES string of the molecule is Cl.c1cc(OC2CCNCC2)cc(-c2ccco2)c1. The minimum Gasteiger partial charge on any atom is -0.490 e. The maximum atomic E-state index is 6.01. The molecule has 1 aromatic heterocycles. The molecular formula is C15H18ClNO2. The van der Waals surface area contributed by atoms with Gasteiger partial charge in [0.05, 0.1) is 6.26 Å². The van der Waals surface area contributed by atoms with Gasteiger partial charge in [-0.05, 0) is 50.2 Å². The van der Waals surface area contributed by atoms with Gasteiger partial charge in [0, 0.05) is 5.56 Å². The second-order valence-corrected chi connectivity index (χ2v) is 4.57. The normalized spacial score (nSPS) is 15.8. The average molecular weight is 280 g/mol. The first-order valence-electron chi connectivity index (χ1n) is 6.43. The van der Waals surface area contributed by atoms with Gasteiger partial charge < -0.3 is 14.5 Å². The van der Waals surface area contributed by atoms with Gasteiger partial charge in [-0.1, -0.05) is 12.1 Å². The van der Waals surface area contributed by atoms with Gasteiger partial charge in [0.15, 0.2) is 0 Å². The Morgan fingerprint density at radius 1 is 1.11 bits per heavy atom. The highest BCUT2D eigenvalue weighted by Crippen LogP contribution is 2.25. The van der Waals surface area contributed by atoms with Crippen LogP contribution in [-0.2, 0) is 0 Å². The predicted octanol–water partition coefficient (Wildman–Crippen LogP) is 3.50. The van der Waals surface area contributed by atoms with Crippen molar-refractivity contribution in [1.82, 2.24) is 5.32 Å². The molecule has 0 radical (unpaired) electrons. The van der Waals surface area contributed by atoms with Crippen LogP contribution >= 0.6 is 12.4 Å². The Morgan fingerprint density at radius 3 is 2.68 bits per heavy atom. The van der Waals surface area contributed by atoms with Crippen LogP contribution in [0.1, 0.15) is 12.8 Å². The van der Waals surface area contributed by atoms with Crippen LogP contribution in [0.3, 0.4) is 0 Å². The van der Waals surface area contributed by atoms with Gasteiger partial charge in [-0.3, -0.25) is 0 Å². The standard InChI is InChI=1S/C15H17NO2.ClH/c1-3-12(15-5-2-10-17-15)11-14(4-1)18-13-6-8-16-9-7-13;/h1-5,10-11,13,16H,6-9H2;1H. The van der Waals surface area contributed by atoms with E-state index >= 15 is 0 Å². The summed E-state index contributed by atoms with van der Waals surface area (Å²) in [7, 11) is 0.